The Hall–Kier alpha value is -2.84. The maximum atomic E-state index is 12.9. The molecule has 1 heterocycles. The largest absolute Gasteiger partial charge is 0.493 e. The van der Waals surface area contributed by atoms with Crippen molar-refractivity contribution in [2.75, 3.05) is 14.2 Å². The number of rotatable bonds is 7. The van der Waals surface area contributed by atoms with Crippen LogP contribution in [0, 0.1) is 13.8 Å². The number of ether oxygens (including phenoxy) is 2. The van der Waals surface area contributed by atoms with E-state index in [4.69, 9.17) is 9.47 Å². The van der Waals surface area contributed by atoms with Gasteiger partial charge in [0.2, 0.25) is 10.0 Å². The number of hydrogen-bond acceptors (Lipinski definition) is 5. The van der Waals surface area contributed by atoms with E-state index in [2.05, 4.69) is 9.82 Å². The van der Waals surface area contributed by atoms with Crippen molar-refractivity contribution in [3.8, 4) is 17.2 Å². The number of benzene rings is 2. The van der Waals surface area contributed by atoms with Crippen molar-refractivity contribution in [1.82, 2.24) is 14.5 Å². The molecule has 8 heteroatoms. The van der Waals surface area contributed by atoms with E-state index >= 15 is 0 Å². The van der Waals surface area contributed by atoms with Crippen LogP contribution in [0.2, 0.25) is 0 Å². The van der Waals surface area contributed by atoms with Crippen LogP contribution in [0.3, 0.4) is 0 Å². The van der Waals surface area contributed by atoms with Crippen molar-refractivity contribution in [2.45, 2.75) is 31.7 Å². The Morgan fingerprint density at radius 3 is 2.28 bits per heavy atom. The summed E-state index contributed by atoms with van der Waals surface area (Å²) in [6.07, 6.45) is 1.69. The highest BCUT2D eigenvalue weighted by molar-refractivity contribution is 7.89. The molecular weight excluding hydrogens is 390 g/mol. The SMILES string of the molecule is COc1ccc(S(=O)(=O)N[C@@H](C)c2cnn(-c3ccc(C)cc3)c2C)cc1OC. The molecule has 0 saturated heterocycles. The summed E-state index contributed by atoms with van der Waals surface area (Å²) in [5, 5.41) is 4.43. The minimum atomic E-state index is -3.77. The molecule has 0 aliphatic heterocycles. The molecule has 154 valence electrons. The quantitative estimate of drug-likeness (QED) is 0.638. The molecule has 0 saturated carbocycles. The van der Waals surface area contributed by atoms with Crippen LogP contribution in [0.25, 0.3) is 5.69 Å². The average Bonchev–Trinajstić information content (AvgIpc) is 3.09. The fraction of sp³-hybridized carbons (Fsp3) is 0.286. The van der Waals surface area contributed by atoms with Gasteiger partial charge in [-0.05, 0) is 45.0 Å². The maximum absolute atomic E-state index is 12.9. The number of sulfonamides is 1. The van der Waals surface area contributed by atoms with Gasteiger partial charge in [0.1, 0.15) is 0 Å². The van der Waals surface area contributed by atoms with E-state index < -0.39 is 16.1 Å². The fourth-order valence-corrected chi connectivity index (χ4v) is 4.38. The molecule has 0 aliphatic carbocycles. The van der Waals surface area contributed by atoms with Gasteiger partial charge in [0.25, 0.3) is 0 Å². The maximum Gasteiger partial charge on any atom is 0.241 e. The normalized spacial score (nSPS) is 12.6. The molecule has 0 fully saturated rings. The summed E-state index contributed by atoms with van der Waals surface area (Å²) in [6.45, 7) is 5.74. The number of aryl methyl sites for hydroxylation is 1. The Bertz CT molecular complexity index is 1110. The van der Waals surface area contributed by atoms with Crippen molar-refractivity contribution < 1.29 is 17.9 Å². The molecule has 0 amide bonds. The third-order valence-corrected chi connectivity index (χ3v) is 6.33. The lowest BCUT2D eigenvalue weighted by Crippen LogP contribution is -2.27. The van der Waals surface area contributed by atoms with Crippen LogP contribution in [0.5, 0.6) is 11.5 Å². The first-order valence-electron chi connectivity index (χ1n) is 9.12. The zero-order valence-electron chi connectivity index (χ0n) is 17.1. The monoisotopic (exact) mass is 415 g/mol. The molecule has 0 aliphatic rings. The molecule has 1 atom stereocenters. The van der Waals surface area contributed by atoms with Crippen LogP contribution in [-0.4, -0.2) is 32.4 Å². The minimum Gasteiger partial charge on any atom is -0.493 e. The van der Waals surface area contributed by atoms with Crippen molar-refractivity contribution >= 4 is 10.0 Å². The van der Waals surface area contributed by atoms with Gasteiger partial charge >= 0.3 is 0 Å². The zero-order valence-corrected chi connectivity index (χ0v) is 17.9. The van der Waals surface area contributed by atoms with Crippen LogP contribution in [0.4, 0.5) is 0 Å². The third-order valence-electron chi connectivity index (χ3n) is 4.79. The molecule has 0 unspecified atom stereocenters. The van der Waals surface area contributed by atoms with Crippen LogP contribution < -0.4 is 14.2 Å². The fourth-order valence-electron chi connectivity index (χ4n) is 3.14. The van der Waals surface area contributed by atoms with Gasteiger partial charge in [0.15, 0.2) is 11.5 Å². The highest BCUT2D eigenvalue weighted by Crippen LogP contribution is 2.30. The van der Waals surface area contributed by atoms with E-state index in [1.54, 1.807) is 23.9 Å². The lowest BCUT2D eigenvalue weighted by atomic mass is 10.1. The Kier molecular flexibility index (Phi) is 5.95. The second kappa shape index (κ2) is 8.26. The first-order valence-corrected chi connectivity index (χ1v) is 10.6. The number of nitrogens with one attached hydrogen (secondary N) is 1. The van der Waals surface area contributed by atoms with Gasteiger partial charge in [-0.3, -0.25) is 0 Å². The lowest BCUT2D eigenvalue weighted by molar-refractivity contribution is 0.354. The molecule has 0 bridgehead atoms. The topological polar surface area (TPSA) is 82.5 Å². The standard InChI is InChI=1S/C21H25N3O4S/c1-14-6-8-17(9-7-14)24-16(3)19(13-22-24)15(2)23-29(25,26)18-10-11-20(27-4)21(12-18)28-5/h6-13,15,23H,1-5H3/t15-/m0/s1. The molecule has 2 aromatic carbocycles. The molecule has 1 aromatic heterocycles. The second-order valence-electron chi connectivity index (χ2n) is 6.79. The van der Waals surface area contributed by atoms with Gasteiger partial charge in [0, 0.05) is 23.4 Å². The van der Waals surface area contributed by atoms with Crippen molar-refractivity contribution in [3.63, 3.8) is 0 Å². The molecule has 3 rings (SSSR count). The van der Waals surface area contributed by atoms with Crippen LogP contribution in [-0.2, 0) is 10.0 Å². The number of methoxy groups -OCH3 is 2. The lowest BCUT2D eigenvalue weighted by Gasteiger charge is -2.16. The van der Waals surface area contributed by atoms with E-state index in [0.717, 1.165) is 22.5 Å². The van der Waals surface area contributed by atoms with Gasteiger partial charge in [0.05, 0.1) is 31.0 Å². The molecule has 1 N–H and O–H groups in total. The average molecular weight is 416 g/mol. The van der Waals surface area contributed by atoms with E-state index in [1.165, 1.54) is 26.4 Å². The molecule has 0 radical (unpaired) electrons. The highest BCUT2D eigenvalue weighted by Gasteiger charge is 2.23. The van der Waals surface area contributed by atoms with Gasteiger partial charge < -0.3 is 9.47 Å². The summed E-state index contributed by atoms with van der Waals surface area (Å²) in [6, 6.07) is 12.0. The molecule has 3 aromatic rings. The number of hydrogen-bond donors (Lipinski definition) is 1. The number of nitrogens with zero attached hydrogens (tertiary/aromatic N) is 2. The zero-order chi connectivity index (χ0) is 21.2. The van der Waals surface area contributed by atoms with Crippen molar-refractivity contribution in [2.24, 2.45) is 0 Å². The Labute approximate surface area is 171 Å². The van der Waals surface area contributed by atoms with E-state index in [1.807, 2.05) is 38.1 Å². The number of aromatic nitrogens is 2. The Balaban J connectivity index is 1.86. The van der Waals surface area contributed by atoms with Crippen molar-refractivity contribution in [1.29, 1.82) is 0 Å². The van der Waals surface area contributed by atoms with Gasteiger partial charge in [-0.1, -0.05) is 17.7 Å². The van der Waals surface area contributed by atoms with E-state index in [-0.39, 0.29) is 4.90 Å². The summed E-state index contributed by atoms with van der Waals surface area (Å²) in [7, 11) is -0.799. The van der Waals surface area contributed by atoms with E-state index in [0.29, 0.717) is 11.5 Å². The Morgan fingerprint density at radius 1 is 1.00 bits per heavy atom. The van der Waals surface area contributed by atoms with Crippen LogP contribution >= 0.6 is 0 Å². The van der Waals surface area contributed by atoms with Gasteiger partial charge in [-0.2, -0.15) is 5.10 Å². The van der Waals surface area contributed by atoms with Gasteiger partial charge in [-0.25, -0.2) is 17.8 Å². The summed E-state index contributed by atoms with van der Waals surface area (Å²) < 4.78 is 40.6. The van der Waals surface area contributed by atoms with Gasteiger partial charge in [-0.15, -0.1) is 0 Å². The summed E-state index contributed by atoms with van der Waals surface area (Å²) in [5.41, 5.74) is 3.76. The van der Waals surface area contributed by atoms with E-state index in [9.17, 15) is 8.42 Å². The molecule has 0 spiro atoms. The minimum absolute atomic E-state index is 0.102. The van der Waals surface area contributed by atoms with Crippen LogP contribution in [0.1, 0.15) is 29.8 Å². The van der Waals surface area contributed by atoms with Crippen LogP contribution in [0.15, 0.2) is 53.6 Å². The molecule has 29 heavy (non-hydrogen) atoms. The first-order chi connectivity index (χ1) is 13.8. The van der Waals surface area contributed by atoms with Crippen molar-refractivity contribution in [3.05, 3.63) is 65.5 Å². The predicted octanol–water partition coefficient (Wildman–Crippen LogP) is 3.55. The highest BCUT2D eigenvalue weighted by atomic mass is 32.2. The second-order valence-corrected chi connectivity index (χ2v) is 8.51. The Morgan fingerprint density at radius 2 is 1.66 bits per heavy atom. The molecular formula is C21H25N3O4S. The first kappa shape index (κ1) is 20.9. The summed E-state index contributed by atoms with van der Waals surface area (Å²) in [4.78, 5) is 0.102. The third kappa shape index (κ3) is 4.28. The smallest absolute Gasteiger partial charge is 0.241 e. The predicted molar refractivity (Wildman–Crippen MR) is 111 cm³/mol. The summed E-state index contributed by atoms with van der Waals surface area (Å²) >= 11 is 0. The summed E-state index contributed by atoms with van der Waals surface area (Å²) in [5.74, 6) is 0.820. The molecule has 7 nitrogen and oxygen atoms in total.